The van der Waals surface area contributed by atoms with Gasteiger partial charge in [-0.3, -0.25) is 18.6 Å². The highest BCUT2D eigenvalue weighted by atomic mass is 31.2. The molecule has 0 fully saturated rings. The first kappa shape index (κ1) is 58.2. The Balaban J connectivity index is 3.87. The SMILES string of the molecule is CCCCCC/C=C\C/C=C\CCCCCCCC(=O)OC(CO)COP(=O)(O)OCC(CO)OC(=O)CCCCCCCCCCC/C=C\CCCCCCCCCC. The smallest absolute Gasteiger partial charge is 0.457 e. The number of phosphoric acid groups is 1. The van der Waals surface area contributed by atoms with Gasteiger partial charge in [0.2, 0.25) is 0 Å². The van der Waals surface area contributed by atoms with E-state index in [-0.39, 0.29) is 12.8 Å². The van der Waals surface area contributed by atoms with Gasteiger partial charge in [-0.15, -0.1) is 0 Å². The first-order chi connectivity index (χ1) is 29.3. The Morgan fingerprint density at radius 2 is 0.733 bits per heavy atom. The van der Waals surface area contributed by atoms with E-state index in [1.165, 1.54) is 128 Å². The molecule has 11 heteroatoms. The third-order valence-corrected chi connectivity index (χ3v) is 11.5. The molecule has 3 N–H and O–H groups in total. The Bertz CT molecular complexity index is 1090. The van der Waals surface area contributed by atoms with Crippen molar-refractivity contribution in [2.24, 2.45) is 0 Å². The van der Waals surface area contributed by atoms with Crippen LogP contribution in [-0.4, -0.2) is 65.7 Å². The number of carbonyl (C=O) groups excluding carboxylic acids is 2. The van der Waals surface area contributed by atoms with E-state index < -0.39 is 58.4 Å². The number of carbonyl (C=O) groups is 2. The quantitative estimate of drug-likeness (QED) is 0.0234. The van der Waals surface area contributed by atoms with Gasteiger partial charge in [0.25, 0.3) is 0 Å². The van der Waals surface area contributed by atoms with Crippen LogP contribution in [0.1, 0.15) is 226 Å². The number of rotatable bonds is 46. The largest absolute Gasteiger partial charge is 0.472 e. The zero-order chi connectivity index (χ0) is 44.0. The monoisotopic (exact) mass is 871 g/mol. The number of hydrogen-bond acceptors (Lipinski definition) is 9. The Labute approximate surface area is 367 Å². The Morgan fingerprint density at radius 1 is 0.450 bits per heavy atom. The van der Waals surface area contributed by atoms with Crippen molar-refractivity contribution in [3.63, 3.8) is 0 Å². The molecule has 0 aliphatic heterocycles. The van der Waals surface area contributed by atoms with Crippen LogP contribution >= 0.6 is 7.82 Å². The second kappa shape index (κ2) is 45.2. The van der Waals surface area contributed by atoms with Crippen molar-refractivity contribution in [3.8, 4) is 0 Å². The van der Waals surface area contributed by atoms with Crippen LogP contribution in [0.15, 0.2) is 36.5 Å². The summed E-state index contributed by atoms with van der Waals surface area (Å²) in [6.45, 7) is 2.20. The van der Waals surface area contributed by atoms with Crippen molar-refractivity contribution in [2.75, 3.05) is 26.4 Å². The van der Waals surface area contributed by atoms with Gasteiger partial charge in [-0.1, -0.05) is 179 Å². The molecule has 352 valence electrons. The van der Waals surface area contributed by atoms with Gasteiger partial charge in [0.05, 0.1) is 26.4 Å². The second-order valence-electron chi connectivity index (χ2n) is 16.4. The summed E-state index contributed by atoms with van der Waals surface area (Å²) in [4.78, 5) is 34.6. The predicted molar refractivity (Wildman–Crippen MR) is 247 cm³/mol. The summed E-state index contributed by atoms with van der Waals surface area (Å²) >= 11 is 0. The standard InChI is InChI=1S/C49H91O10P/c1-3-5-7-9-11-13-15-17-19-21-22-23-24-25-27-29-31-33-35-37-39-41-49(53)59-47(43-51)45-57-60(54,55)56-44-46(42-50)58-48(52)40-38-36-34-32-30-28-26-20-18-16-14-12-10-8-6-4-2/h14,16,20-22,26,46-47,50-51H,3-13,15,17-19,23-25,27-45H2,1-2H3,(H,54,55)/b16-14-,22-21-,26-20-. The van der Waals surface area contributed by atoms with Crippen molar-refractivity contribution >= 4 is 19.8 Å². The number of allylic oxidation sites excluding steroid dienone is 6. The van der Waals surface area contributed by atoms with Crippen LogP contribution in [-0.2, 0) is 32.7 Å². The molecular weight excluding hydrogens is 780 g/mol. The molecular formula is C49H91O10P. The maximum Gasteiger partial charge on any atom is 0.472 e. The predicted octanol–water partition coefficient (Wildman–Crippen LogP) is 13.5. The molecule has 3 unspecified atom stereocenters. The second-order valence-corrected chi connectivity index (χ2v) is 17.9. The lowest BCUT2D eigenvalue weighted by atomic mass is 10.1. The molecule has 0 aliphatic carbocycles. The average Bonchev–Trinajstić information content (AvgIpc) is 3.24. The van der Waals surface area contributed by atoms with Crippen molar-refractivity contribution in [1.29, 1.82) is 0 Å². The molecule has 0 aromatic rings. The average molecular weight is 871 g/mol. The summed E-state index contributed by atoms with van der Waals surface area (Å²) in [5.74, 6) is -1.03. The Kier molecular flexibility index (Phi) is 43.9. The molecule has 0 aromatic heterocycles. The van der Waals surface area contributed by atoms with Crippen LogP contribution in [0.4, 0.5) is 0 Å². The third-order valence-electron chi connectivity index (χ3n) is 10.6. The molecule has 3 atom stereocenters. The number of hydrogen-bond donors (Lipinski definition) is 3. The van der Waals surface area contributed by atoms with E-state index in [2.05, 4.69) is 50.3 Å². The van der Waals surface area contributed by atoms with Crippen molar-refractivity contribution in [3.05, 3.63) is 36.5 Å². The third kappa shape index (κ3) is 42.9. The fraction of sp³-hybridized carbons (Fsp3) is 0.837. The van der Waals surface area contributed by atoms with E-state index in [1.54, 1.807) is 0 Å². The molecule has 0 bridgehead atoms. The summed E-state index contributed by atoms with van der Waals surface area (Å²) < 4.78 is 32.7. The van der Waals surface area contributed by atoms with Gasteiger partial charge in [0, 0.05) is 12.8 Å². The minimum atomic E-state index is -4.64. The summed E-state index contributed by atoms with van der Waals surface area (Å²) in [6.07, 6.45) is 48.3. The highest BCUT2D eigenvalue weighted by molar-refractivity contribution is 7.47. The van der Waals surface area contributed by atoms with Crippen molar-refractivity contribution < 1.29 is 47.8 Å². The van der Waals surface area contributed by atoms with Gasteiger partial charge < -0.3 is 24.6 Å². The number of esters is 2. The molecule has 0 aliphatic rings. The van der Waals surface area contributed by atoms with Crippen LogP contribution in [0.25, 0.3) is 0 Å². The topological polar surface area (TPSA) is 149 Å². The molecule has 0 rings (SSSR count). The van der Waals surface area contributed by atoms with Crippen LogP contribution in [0, 0.1) is 0 Å². The minimum Gasteiger partial charge on any atom is -0.457 e. The lowest BCUT2D eigenvalue weighted by Crippen LogP contribution is -2.28. The molecule has 60 heavy (non-hydrogen) atoms. The van der Waals surface area contributed by atoms with Gasteiger partial charge >= 0.3 is 19.8 Å². The van der Waals surface area contributed by atoms with Gasteiger partial charge in [-0.25, -0.2) is 4.57 Å². The van der Waals surface area contributed by atoms with Gasteiger partial charge in [0.15, 0.2) is 0 Å². The molecule has 0 aromatic carbocycles. The van der Waals surface area contributed by atoms with Crippen LogP contribution in [0.5, 0.6) is 0 Å². The summed E-state index contributed by atoms with van der Waals surface area (Å²) in [7, 11) is -4.64. The fourth-order valence-electron chi connectivity index (χ4n) is 6.79. The summed E-state index contributed by atoms with van der Waals surface area (Å²) in [5, 5.41) is 19.2. The summed E-state index contributed by atoms with van der Waals surface area (Å²) in [5.41, 5.74) is 0. The van der Waals surface area contributed by atoms with Gasteiger partial charge in [0.1, 0.15) is 12.2 Å². The number of aliphatic hydroxyl groups is 2. The maximum atomic E-state index is 12.4. The van der Waals surface area contributed by atoms with E-state index in [1.807, 2.05) is 0 Å². The number of aliphatic hydroxyl groups excluding tert-OH is 2. The minimum absolute atomic E-state index is 0.177. The van der Waals surface area contributed by atoms with E-state index >= 15 is 0 Å². The molecule has 0 spiro atoms. The zero-order valence-electron chi connectivity index (χ0n) is 38.4. The van der Waals surface area contributed by atoms with Crippen molar-refractivity contribution in [1.82, 2.24) is 0 Å². The lowest BCUT2D eigenvalue weighted by Gasteiger charge is -2.20. The van der Waals surface area contributed by atoms with E-state index in [0.29, 0.717) is 12.8 Å². The first-order valence-corrected chi connectivity index (χ1v) is 25.9. The summed E-state index contributed by atoms with van der Waals surface area (Å²) in [6, 6.07) is 0. The van der Waals surface area contributed by atoms with Gasteiger partial charge in [-0.05, 0) is 70.6 Å². The van der Waals surface area contributed by atoms with Crippen molar-refractivity contribution in [2.45, 2.75) is 238 Å². The van der Waals surface area contributed by atoms with E-state index in [0.717, 1.165) is 57.8 Å². The highest BCUT2D eigenvalue weighted by Crippen LogP contribution is 2.43. The molecule has 0 heterocycles. The Morgan fingerprint density at radius 3 is 1.07 bits per heavy atom. The van der Waals surface area contributed by atoms with Gasteiger partial charge in [-0.2, -0.15) is 0 Å². The number of ether oxygens (including phenoxy) is 2. The molecule has 0 saturated carbocycles. The molecule has 10 nitrogen and oxygen atoms in total. The first-order valence-electron chi connectivity index (χ1n) is 24.4. The Hall–Kier alpha value is -1.81. The van der Waals surface area contributed by atoms with Crippen LogP contribution in [0.3, 0.4) is 0 Å². The van der Waals surface area contributed by atoms with E-state index in [9.17, 15) is 29.3 Å². The zero-order valence-corrected chi connectivity index (χ0v) is 39.3. The lowest BCUT2D eigenvalue weighted by molar-refractivity contribution is -0.153. The molecule has 0 saturated heterocycles. The van der Waals surface area contributed by atoms with E-state index in [4.69, 9.17) is 18.5 Å². The number of unbranched alkanes of at least 4 members (excludes halogenated alkanes) is 26. The molecule has 0 amide bonds. The maximum absolute atomic E-state index is 12.4. The normalized spacial score (nSPS) is 14.0. The number of phosphoric ester groups is 1. The highest BCUT2D eigenvalue weighted by Gasteiger charge is 2.27. The molecule has 0 radical (unpaired) electrons. The van der Waals surface area contributed by atoms with Crippen LogP contribution < -0.4 is 0 Å². The van der Waals surface area contributed by atoms with Crippen LogP contribution in [0.2, 0.25) is 0 Å². The fourth-order valence-corrected chi connectivity index (χ4v) is 7.57.